The van der Waals surface area contributed by atoms with E-state index in [2.05, 4.69) is 0 Å². The van der Waals surface area contributed by atoms with Crippen LogP contribution in [0.3, 0.4) is 0 Å². The van der Waals surface area contributed by atoms with Crippen LogP contribution in [0.25, 0.3) is 98.1 Å². The number of furan rings is 1. The Morgan fingerprint density at radius 2 is 0.889 bits per heavy atom. The van der Waals surface area contributed by atoms with Crippen LogP contribution >= 0.6 is 0 Å². The summed E-state index contributed by atoms with van der Waals surface area (Å²) in [5, 5.41) is -1.45. The zero-order valence-corrected chi connectivity index (χ0v) is 23.0. The molecule has 0 atom stereocenters. The molecule has 0 aliphatic carbocycles. The summed E-state index contributed by atoms with van der Waals surface area (Å²) in [6.07, 6.45) is 0. The summed E-state index contributed by atoms with van der Waals surface area (Å²) >= 11 is 0. The number of benzene rings is 9. The Morgan fingerprint density at radius 3 is 1.60 bits per heavy atom. The Bertz CT molecular complexity index is 3760. The summed E-state index contributed by atoms with van der Waals surface area (Å²) in [6, 6.07) is 1.21. The van der Waals surface area contributed by atoms with Gasteiger partial charge >= 0.3 is 0 Å². The van der Waals surface area contributed by atoms with Gasteiger partial charge in [-0.05, 0) is 100 Å². The third kappa shape index (κ3) is 3.50. The van der Waals surface area contributed by atoms with Crippen LogP contribution in [0.5, 0.6) is 0 Å². The highest BCUT2D eigenvalue weighted by atomic mass is 16.3. The molecule has 0 saturated carbocycles. The van der Waals surface area contributed by atoms with E-state index >= 15 is 0 Å². The van der Waals surface area contributed by atoms with Gasteiger partial charge in [0.2, 0.25) is 0 Å². The highest BCUT2D eigenvalue weighted by Crippen LogP contribution is 2.46. The van der Waals surface area contributed by atoms with Gasteiger partial charge < -0.3 is 4.42 Å². The molecule has 0 bridgehead atoms. The number of hydrogen-bond acceptors (Lipinski definition) is 1. The van der Waals surface area contributed by atoms with Crippen molar-refractivity contribution >= 4 is 75.8 Å². The van der Waals surface area contributed by atoms with Crippen molar-refractivity contribution < 1.29 is 29.1 Å². The Hall–Kier alpha value is -5.92. The molecule has 0 radical (unpaired) electrons. The van der Waals surface area contributed by atoms with Crippen LogP contribution in [0.2, 0.25) is 0 Å². The summed E-state index contributed by atoms with van der Waals surface area (Å²) in [6.45, 7) is 0. The molecule has 0 saturated heterocycles. The van der Waals surface area contributed by atoms with Crippen LogP contribution in [0, 0.1) is 0 Å². The van der Waals surface area contributed by atoms with Gasteiger partial charge in [0.1, 0.15) is 11.2 Å². The maximum Gasteiger partial charge on any atom is 0.135 e. The first kappa shape index (κ1) is 13.0. The van der Waals surface area contributed by atoms with Gasteiger partial charge in [-0.3, -0.25) is 0 Å². The van der Waals surface area contributed by atoms with Gasteiger partial charge in [-0.2, -0.15) is 0 Å². The van der Waals surface area contributed by atoms with Gasteiger partial charge in [-0.1, -0.05) is 133 Å². The van der Waals surface area contributed by atoms with E-state index in [9.17, 15) is 9.60 Å². The fraction of sp³-hybridized carbons (Fsp3) is 0. The monoisotopic (exact) mass is 588 g/mol. The molecule has 9 aromatic carbocycles. The highest BCUT2D eigenvalue weighted by molar-refractivity contribution is 6.27. The first-order valence-corrected chi connectivity index (χ1v) is 14.1. The Balaban J connectivity index is 1.52. The van der Waals surface area contributed by atoms with Gasteiger partial charge in [0.05, 0.1) is 24.7 Å². The summed E-state index contributed by atoms with van der Waals surface area (Å²) in [5.74, 6) is 0. The van der Waals surface area contributed by atoms with Gasteiger partial charge in [0.25, 0.3) is 0 Å². The SMILES string of the molecule is [2H]c1cc2c(c([2H])c1[2H])c1c([2H])c([2H])c([2H])c([2H])c1c1c([2H])c(-c3c4c([2H])c([2H])c([2H])c([2H])c4c(-c4ccc5oc6ccccc6c5c4)c4c([2H])c([2H])c([2H])c([2H])c34)c([2H])c([2H])c21. The Kier molecular flexibility index (Phi) is 2.68. The van der Waals surface area contributed by atoms with Crippen molar-refractivity contribution in [3.05, 3.63) is 157 Å². The van der Waals surface area contributed by atoms with E-state index in [4.69, 9.17) is 19.5 Å². The van der Waals surface area contributed by atoms with E-state index in [1.165, 1.54) is 0 Å². The molecule has 10 rings (SSSR count). The number of rotatable bonds is 2. The van der Waals surface area contributed by atoms with Gasteiger partial charge in [-0.25, -0.2) is 0 Å². The van der Waals surface area contributed by atoms with Crippen LogP contribution in [0.15, 0.2) is 162 Å². The van der Waals surface area contributed by atoms with Crippen molar-refractivity contribution in [2.75, 3.05) is 0 Å². The van der Waals surface area contributed by atoms with Gasteiger partial charge in [0.15, 0.2) is 0 Å². The number of fused-ring (bicyclic) bond motifs is 11. The van der Waals surface area contributed by atoms with Crippen LogP contribution in [0.1, 0.15) is 24.7 Å². The molecule has 45 heavy (non-hydrogen) atoms. The minimum Gasteiger partial charge on any atom is -0.456 e. The maximum atomic E-state index is 9.99. The van der Waals surface area contributed by atoms with Gasteiger partial charge in [-0.15, -0.1) is 0 Å². The second kappa shape index (κ2) is 9.29. The molecule has 1 aromatic heterocycles. The molecule has 10 aromatic rings. The fourth-order valence-corrected chi connectivity index (χ4v) is 6.39. The summed E-state index contributed by atoms with van der Waals surface area (Å²) in [7, 11) is 0. The third-order valence-electron chi connectivity index (χ3n) is 8.31. The van der Waals surface area contributed by atoms with Crippen LogP contribution in [0.4, 0.5) is 0 Å². The second-order valence-corrected chi connectivity index (χ2v) is 10.6. The fourth-order valence-electron chi connectivity index (χ4n) is 6.39. The van der Waals surface area contributed by atoms with E-state index in [-0.39, 0.29) is 65.0 Å². The summed E-state index contributed by atoms with van der Waals surface area (Å²) < 4.78 is 169. The molecular weight excluding hydrogens is 544 g/mol. The number of hydrogen-bond donors (Lipinski definition) is 0. The van der Waals surface area contributed by atoms with Crippen molar-refractivity contribution in [3.8, 4) is 22.3 Å². The van der Waals surface area contributed by atoms with Crippen LogP contribution in [-0.2, 0) is 0 Å². The van der Waals surface area contributed by atoms with E-state index < -0.39 is 120 Å². The molecule has 0 unspecified atom stereocenters. The van der Waals surface area contributed by atoms with E-state index in [1.54, 1.807) is 36.4 Å². The first-order valence-electron chi connectivity index (χ1n) is 23.1. The smallest absolute Gasteiger partial charge is 0.135 e. The average molecular weight is 589 g/mol. The number of para-hydroxylation sites is 1. The molecule has 0 amide bonds. The van der Waals surface area contributed by atoms with Crippen molar-refractivity contribution in [3.63, 3.8) is 0 Å². The van der Waals surface area contributed by atoms with Crippen LogP contribution in [-0.4, -0.2) is 0 Å². The predicted molar refractivity (Wildman–Crippen MR) is 192 cm³/mol. The topological polar surface area (TPSA) is 13.1 Å². The molecule has 1 nitrogen and oxygen atoms in total. The molecule has 0 N–H and O–H groups in total. The zero-order valence-electron chi connectivity index (χ0n) is 41.0. The third-order valence-corrected chi connectivity index (χ3v) is 8.31. The van der Waals surface area contributed by atoms with Crippen molar-refractivity contribution in [2.45, 2.75) is 0 Å². The van der Waals surface area contributed by atoms with Crippen LogP contribution < -0.4 is 0 Å². The molecule has 1 heteroatoms. The molecule has 0 aliphatic heterocycles. The highest BCUT2D eigenvalue weighted by Gasteiger charge is 2.18. The standard InChI is InChI=1S/C44H26O/c1-2-13-31-29(11-1)30-12-3-4-14-32(30)39-25-27(21-23-33(31)39)43-35-16-5-7-18-37(35)44(38-19-8-6-17-36(38)43)28-22-24-42-40(26-28)34-15-9-10-20-41(34)45-42/h1-26H/i1D,2D,3D,4D,5D,6D,7D,8D,11D,12D,14D,16D,17D,18D,19D,21D,23D,25D. The lowest BCUT2D eigenvalue weighted by molar-refractivity contribution is 0.669. The first-order chi connectivity index (χ1) is 29.8. The second-order valence-electron chi connectivity index (χ2n) is 10.6. The van der Waals surface area contributed by atoms with E-state index in [0.29, 0.717) is 21.9 Å². The minimum absolute atomic E-state index is 0.0115. The van der Waals surface area contributed by atoms with Gasteiger partial charge in [0, 0.05) is 10.8 Å². The lowest BCUT2D eigenvalue weighted by Crippen LogP contribution is -1.91. The lowest BCUT2D eigenvalue weighted by atomic mass is 9.84. The molecule has 0 aliphatic rings. The van der Waals surface area contributed by atoms with Crippen molar-refractivity contribution in [1.82, 2.24) is 0 Å². The largest absolute Gasteiger partial charge is 0.456 e. The summed E-state index contributed by atoms with van der Waals surface area (Å²) in [5.41, 5.74) is 0.334. The Morgan fingerprint density at radius 1 is 0.356 bits per heavy atom. The molecule has 0 spiro atoms. The maximum absolute atomic E-state index is 9.99. The average Bonchev–Trinajstić information content (AvgIpc) is 3.65. The molecular formula is C44H26O. The molecule has 1 heterocycles. The zero-order chi connectivity index (χ0) is 45.1. The molecule has 0 fully saturated rings. The Labute approximate surface area is 284 Å². The van der Waals surface area contributed by atoms with Crippen molar-refractivity contribution in [1.29, 1.82) is 0 Å². The normalized spacial score (nSPS) is 17.6. The van der Waals surface area contributed by atoms with E-state index in [1.807, 2.05) is 6.07 Å². The predicted octanol–water partition coefficient (Wildman–Crippen LogP) is 12.7. The lowest BCUT2D eigenvalue weighted by Gasteiger charge is -2.18. The quantitative estimate of drug-likeness (QED) is 0.145. The summed E-state index contributed by atoms with van der Waals surface area (Å²) in [4.78, 5) is 0. The van der Waals surface area contributed by atoms with E-state index in [0.717, 1.165) is 6.07 Å². The molecule has 208 valence electrons. The van der Waals surface area contributed by atoms with Crippen molar-refractivity contribution in [2.24, 2.45) is 0 Å². The minimum atomic E-state index is -0.761.